The molecule has 3 aromatic heterocycles. The van der Waals surface area contributed by atoms with Gasteiger partial charge in [-0.05, 0) is 30.5 Å². The van der Waals surface area contributed by atoms with Gasteiger partial charge in [0.1, 0.15) is 30.0 Å². The van der Waals surface area contributed by atoms with Gasteiger partial charge in [0.05, 0.1) is 0 Å². The highest BCUT2D eigenvalue weighted by Gasteiger charge is 2.21. The number of hydrogen-bond acceptors (Lipinski definition) is 5. The first-order chi connectivity index (χ1) is 15.3. The molecule has 1 aliphatic carbocycles. The molecule has 6 nitrogen and oxygen atoms in total. The molecule has 1 aromatic carbocycles. The number of anilines is 1. The van der Waals surface area contributed by atoms with Crippen LogP contribution in [0.1, 0.15) is 37.7 Å². The van der Waals surface area contributed by atoms with Gasteiger partial charge in [0.15, 0.2) is 5.76 Å². The van der Waals surface area contributed by atoms with Gasteiger partial charge in [0.2, 0.25) is 11.2 Å². The molecule has 0 saturated heterocycles. The Morgan fingerprint density at radius 1 is 1.06 bits per heavy atom. The normalized spacial score (nSPS) is 14.6. The van der Waals surface area contributed by atoms with Crippen molar-refractivity contribution < 1.29 is 9.15 Å². The SMILES string of the molecule is O=c1cc(-c2nc3ccccn3c2NC2CCCCC2)occ1OCc1ccccc1. The smallest absolute Gasteiger partial charge is 0.227 e. The molecule has 0 aliphatic heterocycles. The Hall–Kier alpha value is -3.54. The lowest BCUT2D eigenvalue weighted by Crippen LogP contribution is -2.23. The number of imidazole rings is 1. The predicted molar refractivity (Wildman–Crippen MR) is 120 cm³/mol. The van der Waals surface area contributed by atoms with Crippen molar-refractivity contribution >= 4 is 11.5 Å². The van der Waals surface area contributed by atoms with Gasteiger partial charge in [-0.2, -0.15) is 0 Å². The molecule has 1 saturated carbocycles. The zero-order chi connectivity index (χ0) is 21.0. The van der Waals surface area contributed by atoms with Gasteiger partial charge in [-0.3, -0.25) is 9.20 Å². The fourth-order valence-electron chi connectivity index (χ4n) is 4.11. The fourth-order valence-corrected chi connectivity index (χ4v) is 4.11. The second-order valence-corrected chi connectivity index (χ2v) is 7.96. The Bertz CT molecular complexity index is 1220. The van der Waals surface area contributed by atoms with Crippen LogP contribution in [0.2, 0.25) is 0 Å². The molecule has 1 N–H and O–H groups in total. The lowest BCUT2D eigenvalue weighted by molar-refractivity contribution is 0.293. The van der Waals surface area contributed by atoms with Crippen molar-refractivity contribution in [1.29, 1.82) is 0 Å². The van der Waals surface area contributed by atoms with E-state index in [1.165, 1.54) is 31.6 Å². The number of benzene rings is 1. The van der Waals surface area contributed by atoms with Gasteiger partial charge in [0.25, 0.3) is 0 Å². The first kappa shape index (κ1) is 19.4. The third-order valence-electron chi connectivity index (χ3n) is 5.74. The highest BCUT2D eigenvalue weighted by atomic mass is 16.5. The van der Waals surface area contributed by atoms with Gasteiger partial charge in [-0.15, -0.1) is 0 Å². The van der Waals surface area contributed by atoms with Gasteiger partial charge >= 0.3 is 0 Å². The van der Waals surface area contributed by atoms with Crippen LogP contribution in [-0.2, 0) is 6.61 Å². The molecule has 31 heavy (non-hydrogen) atoms. The van der Waals surface area contributed by atoms with E-state index in [0.717, 1.165) is 29.9 Å². The lowest BCUT2D eigenvalue weighted by Gasteiger charge is -2.24. The molecule has 5 rings (SSSR count). The number of hydrogen-bond donors (Lipinski definition) is 1. The predicted octanol–water partition coefficient (Wildman–Crippen LogP) is 5.28. The van der Waals surface area contributed by atoms with E-state index in [9.17, 15) is 4.79 Å². The first-order valence-electron chi connectivity index (χ1n) is 10.8. The number of ether oxygens (including phenoxy) is 1. The minimum Gasteiger partial charge on any atom is -0.482 e. The number of aromatic nitrogens is 2. The average molecular weight is 415 g/mol. The number of pyridine rings is 1. The standard InChI is InChI=1S/C25H25N3O3/c29-20-15-21(31-17-22(20)30-16-18-9-3-1-4-10-18)24-25(26-19-11-5-2-6-12-19)28-14-8-7-13-23(28)27-24/h1,3-4,7-10,13-15,17,19,26H,2,5-6,11-12,16H2. The molecule has 0 bridgehead atoms. The van der Waals surface area contributed by atoms with Crippen molar-refractivity contribution in [2.24, 2.45) is 0 Å². The summed E-state index contributed by atoms with van der Waals surface area (Å²) in [5.41, 5.74) is 2.22. The number of rotatable bonds is 6. The van der Waals surface area contributed by atoms with E-state index < -0.39 is 0 Å². The Labute approximate surface area is 180 Å². The molecule has 0 amide bonds. The molecular weight excluding hydrogens is 390 g/mol. The van der Waals surface area contributed by atoms with Crippen molar-refractivity contribution in [3.05, 3.63) is 82.8 Å². The summed E-state index contributed by atoms with van der Waals surface area (Å²) in [6.45, 7) is 0.313. The Balaban J connectivity index is 1.45. The van der Waals surface area contributed by atoms with Gasteiger partial charge in [0, 0.05) is 18.3 Å². The van der Waals surface area contributed by atoms with E-state index in [2.05, 4.69) is 5.32 Å². The lowest BCUT2D eigenvalue weighted by atomic mass is 9.95. The molecular formula is C25H25N3O3. The van der Waals surface area contributed by atoms with Crippen molar-refractivity contribution in [3.8, 4) is 17.2 Å². The van der Waals surface area contributed by atoms with Crippen LogP contribution in [0.4, 0.5) is 5.82 Å². The molecule has 6 heteroatoms. The highest BCUT2D eigenvalue weighted by Crippen LogP contribution is 2.31. The van der Waals surface area contributed by atoms with E-state index >= 15 is 0 Å². The van der Waals surface area contributed by atoms with Crippen LogP contribution >= 0.6 is 0 Å². The van der Waals surface area contributed by atoms with Crippen molar-refractivity contribution in [2.75, 3.05) is 5.32 Å². The molecule has 0 atom stereocenters. The van der Waals surface area contributed by atoms with Crippen LogP contribution in [0.5, 0.6) is 5.75 Å². The van der Waals surface area contributed by atoms with Crippen molar-refractivity contribution in [1.82, 2.24) is 9.38 Å². The minimum atomic E-state index is -0.224. The summed E-state index contributed by atoms with van der Waals surface area (Å²) >= 11 is 0. The third-order valence-corrected chi connectivity index (χ3v) is 5.74. The van der Waals surface area contributed by atoms with Crippen molar-refractivity contribution in [3.63, 3.8) is 0 Å². The van der Waals surface area contributed by atoms with Gasteiger partial charge in [-0.1, -0.05) is 55.7 Å². The summed E-state index contributed by atoms with van der Waals surface area (Å²) in [5.74, 6) is 1.49. The second-order valence-electron chi connectivity index (χ2n) is 7.96. The van der Waals surface area contributed by atoms with Gasteiger partial charge < -0.3 is 14.5 Å². The number of nitrogens with zero attached hydrogens (tertiary/aromatic N) is 2. The first-order valence-corrected chi connectivity index (χ1v) is 10.8. The summed E-state index contributed by atoms with van der Waals surface area (Å²) in [7, 11) is 0. The van der Waals surface area contributed by atoms with E-state index in [1.807, 2.05) is 59.1 Å². The zero-order valence-electron chi connectivity index (χ0n) is 17.3. The van der Waals surface area contributed by atoms with E-state index in [0.29, 0.717) is 24.1 Å². The summed E-state index contributed by atoms with van der Waals surface area (Å²) in [6.07, 6.45) is 9.38. The Kier molecular flexibility index (Phi) is 5.44. The molecule has 1 fully saturated rings. The Morgan fingerprint density at radius 2 is 1.87 bits per heavy atom. The minimum absolute atomic E-state index is 0.193. The summed E-state index contributed by atoms with van der Waals surface area (Å²) in [5, 5.41) is 3.66. The quantitative estimate of drug-likeness (QED) is 0.464. The summed E-state index contributed by atoms with van der Waals surface area (Å²) in [6, 6.07) is 17.5. The summed E-state index contributed by atoms with van der Waals surface area (Å²) in [4.78, 5) is 17.5. The van der Waals surface area contributed by atoms with Crippen LogP contribution in [0.15, 0.2) is 76.3 Å². The molecule has 158 valence electrons. The molecule has 0 unspecified atom stereocenters. The maximum Gasteiger partial charge on any atom is 0.227 e. The average Bonchev–Trinajstić information content (AvgIpc) is 3.18. The molecule has 4 aromatic rings. The van der Waals surface area contributed by atoms with Gasteiger partial charge in [-0.25, -0.2) is 4.98 Å². The van der Waals surface area contributed by atoms with Crippen molar-refractivity contribution in [2.45, 2.75) is 44.8 Å². The summed E-state index contributed by atoms with van der Waals surface area (Å²) < 4.78 is 13.5. The fraction of sp³-hybridized carbons (Fsp3) is 0.280. The maximum absolute atomic E-state index is 12.7. The van der Waals surface area contributed by atoms with E-state index in [4.69, 9.17) is 14.1 Å². The molecule has 0 radical (unpaired) electrons. The molecule has 3 heterocycles. The third kappa shape index (κ3) is 4.19. The zero-order valence-corrected chi connectivity index (χ0v) is 17.3. The van der Waals surface area contributed by atoms with E-state index in [-0.39, 0.29) is 11.2 Å². The number of nitrogens with one attached hydrogen (secondary N) is 1. The van der Waals surface area contributed by atoms with E-state index in [1.54, 1.807) is 0 Å². The van der Waals surface area contributed by atoms with Crippen LogP contribution < -0.4 is 15.5 Å². The van der Waals surface area contributed by atoms with Crippen LogP contribution in [-0.4, -0.2) is 15.4 Å². The van der Waals surface area contributed by atoms with Crippen LogP contribution in [0.25, 0.3) is 17.1 Å². The highest BCUT2D eigenvalue weighted by molar-refractivity contribution is 5.73. The van der Waals surface area contributed by atoms with Crippen LogP contribution in [0.3, 0.4) is 0 Å². The topological polar surface area (TPSA) is 68.8 Å². The molecule has 0 spiro atoms. The monoisotopic (exact) mass is 415 g/mol. The molecule has 1 aliphatic rings. The maximum atomic E-state index is 12.7. The Morgan fingerprint density at radius 3 is 2.68 bits per heavy atom. The second kappa shape index (κ2) is 8.68. The van der Waals surface area contributed by atoms with Crippen LogP contribution in [0, 0.1) is 0 Å². The number of fused-ring (bicyclic) bond motifs is 1. The largest absolute Gasteiger partial charge is 0.482 e.